The summed E-state index contributed by atoms with van der Waals surface area (Å²) >= 11 is 9.56. The summed E-state index contributed by atoms with van der Waals surface area (Å²) in [5.74, 6) is 0. The van der Waals surface area contributed by atoms with Gasteiger partial charge in [-0.1, -0.05) is 40.2 Å². The van der Waals surface area contributed by atoms with Crippen LogP contribution in [0.25, 0.3) is 5.69 Å². The lowest BCUT2D eigenvalue weighted by Crippen LogP contribution is -2.29. The van der Waals surface area contributed by atoms with Crippen molar-refractivity contribution in [3.63, 3.8) is 0 Å². The van der Waals surface area contributed by atoms with Crippen LogP contribution in [0.4, 0.5) is 5.69 Å². The van der Waals surface area contributed by atoms with E-state index in [9.17, 15) is 0 Å². The Labute approximate surface area is 214 Å². The molecule has 1 aliphatic heterocycles. The summed E-state index contributed by atoms with van der Waals surface area (Å²) in [7, 11) is 0. The highest BCUT2D eigenvalue weighted by Crippen LogP contribution is 2.44. The number of aromatic nitrogens is 2. The first-order valence-electron chi connectivity index (χ1n) is 11.4. The molecule has 2 atom stereocenters. The molecule has 1 fully saturated rings. The maximum Gasteiger partial charge on any atom is 0.174 e. The first kappa shape index (κ1) is 22.8. The molecule has 4 nitrogen and oxygen atoms in total. The van der Waals surface area contributed by atoms with Gasteiger partial charge in [0.2, 0.25) is 0 Å². The average Bonchev–Trinajstić information content (AvgIpc) is 3.32. The van der Waals surface area contributed by atoms with Gasteiger partial charge in [0.15, 0.2) is 5.11 Å². The van der Waals surface area contributed by atoms with Gasteiger partial charge in [0, 0.05) is 33.4 Å². The van der Waals surface area contributed by atoms with Crippen molar-refractivity contribution in [3.8, 4) is 5.69 Å². The second-order valence-corrected chi connectivity index (χ2v) is 10.1. The van der Waals surface area contributed by atoms with E-state index in [-0.39, 0.29) is 12.1 Å². The quantitative estimate of drug-likeness (QED) is 0.286. The van der Waals surface area contributed by atoms with Crippen LogP contribution < -0.4 is 10.2 Å². The van der Waals surface area contributed by atoms with Gasteiger partial charge in [-0.25, -0.2) is 0 Å². The molecule has 3 heterocycles. The highest BCUT2D eigenvalue weighted by molar-refractivity contribution is 9.10. The zero-order chi connectivity index (χ0) is 24.0. The monoisotopic (exact) mass is 530 g/mol. The molecule has 1 aliphatic rings. The van der Waals surface area contributed by atoms with Crippen molar-refractivity contribution >= 4 is 38.9 Å². The number of benzene rings is 2. The number of pyridine rings is 1. The number of nitrogens with one attached hydrogen (secondary N) is 1. The van der Waals surface area contributed by atoms with Gasteiger partial charge in [0.1, 0.15) is 0 Å². The molecule has 6 heteroatoms. The van der Waals surface area contributed by atoms with E-state index in [1.165, 1.54) is 33.8 Å². The maximum absolute atomic E-state index is 5.92. The number of hydrogen-bond donors (Lipinski definition) is 1. The predicted molar refractivity (Wildman–Crippen MR) is 147 cm³/mol. The van der Waals surface area contributed by atoms with Crippen LogP contribution in [0.15, 0.2) is 77.4 Å². The minimum Gasteiger partial charge on any atom is -0.351 e. The molecule has 2 aromatic carbocycles. The minimum absolute atomic E-state index is 0.0352. The Bertz CT molecular complexity index is 1380. The SMILES string of the molecule is Cc1cc(N2C(=S)N[C@H](c3ccccn3)[C@@H]2c2cc(C)n(-c3ccccc3C)c2C)ccc1Br. The van der Waals surface area contributed by atoms with E-state index in [1.54, 1.807) is 0 Å². The molecule has 0 spiro atoms. The number of hydrogen-bond acceptors (Lipinski definition) is 2. The molecule has 4 aromatic rings. The molecular weight excluding hydrogens is 504 g/mol. The Hall–Kier alpha value is -2.96. The van der Waals surface area contributed by atoms with Crippen molar-refractivity contribution in [2.45, 2.75) is 39.8 Å². The first-order chi connectivity index (χ1) is 16.4. The third-order valence-electron chi connectivity index (χ3n) is 6.66. The van der Waals surface area contributed by atoms with Gasteiger partial charge in [-0.2, -0.15) is 0 Å². The fraction of sp³-hybridized carbons (Fsp3) is 0.214. The van der Waals surface area contributed by atoms with Crippen molar-refractivity contribution in [2.24, 2.45) is 0 Å². The van der Waals surface area contributed by atoms with E-state index >= 15 is 0 Å². The number of anilines is 1. The molecule has 5 rings (SSSR count). The molecule has 0 aliphatic carbocycles. The van der Waals surface area contributed by atoms with Crippen LogP contribution in [0, 0.1) is 27.7 Å². The second-order valence-electron chi connectivity index (χ2n) is 8.88. The van der Waals surface area contributed by atoms with Gasteiger partial charge in [-0.15, -0.1) is 0 Å². The molecule has 34 heavy (non-hydrogen) atoms. The van der Waals surface area contributed by atoms with Crippen molar-refractivity contribution in [1.29, 1.82) is 0 Å². The number of aryl methyl sites for hydroxylation is 3. The highest BCUT2D eigenvalue weighted by atomic mass is 79.9. The molecule has 0 unspecified atom stereocenters. The van der Waals surface area contributed by atoms with Crippen molar-refractivity contribution in [2.75, 3.05) is 4.90 Å². The number of rotatable bonds is 4. The molecule has 0 radical (unpaired) electrons. The van der Waals surface area contributed by atoms with E-state index in [1.807, 2.05) is 18.3 Å². The third-order valence-corrected chi connectivity index (χ3v) is 7.87. The largest absolute Gasteiger partial charge is 0.351 e. The number of para-hydroxylation sites is 1. The molecule has 0 saturated carbocycles. The lowest BCUT2D eigenvalue weighted by atomic mass is 9.96. The van der Waals surface area contributed by atoms with Crippen LogP contribution in [0.2, 0.25) is 0 Å². The Kier molecular flexibility index (Phi) is 6.04. The topological polar surface area (TPSA) is 33.1 Å². The maximum atomic E-state index is 5.92. The summed E-state index contributed by atoms with van der Waals surface area (Å²) in [5, 5.41) is 4.29. The lowest BCUT2D eigenvalue weighted by molar-refractivity contribution is 0.565. The molecule has 1 N–H and O–H groups in total. The lowest BCUT2D eigenvalue weighted by Gasteiger charge is -2.28. The Balaban J connectivity index is 1.70. The normalized spacial score (nSPS) is 17.8. The first-order valence-corrected chi connectivity index (χ1v) is 12.6. The van der Waals surface area contributed by atoms with Crippen molar-refractivity contribution < 1.29 is 0 Å². The van der Waals surface area contributed by atoms with E-state index in [4.69, 9.17) is 17.2 Å². The van der Waals surface area contributed by atoms with Gasteiger partial charge in [0.25, 0.3) is 0 Å². The van der Waals surface area contributed by atoms with Gasteiger partial charge in [-0.05, 0) is 99.1 Å². The van der Waals surface area contributed by atoms with Gasteiger partial charge >= 0.3 is 0 Å². The van der Waals surface area contributed by atoms with E-state index in [0.29, 0.717) is 5.11 Å². The Morgan fingerprint density at radius 3 is 2.38 bits per heavy atom. The Morgan fingerprint density at radius 2 is 1.68 bits per heavy atom. The smallest absolute Gasteiger partial charge is 0.174 e. The zero-order valence-corrected chi connectivity index (χ0v) is 22.1. The van der Waals surface area contributed by atoms with E-state index < -0.39 is 0 Å². The van der Waals surface area contributed by atoms with Gasteiger partial charge in [0.05, 0.1) is 17.8 Å². The molecule has 1 saturated heterocycles. The molecule has 0 amide bonds. The summed E-state index contributed by atoms with van der Waals surface area (Å²) in [6, 6.07) is 23.2. The standard InChI is InChI=1S/C28H27BrN4S/c1-17-9-5-6-11-25(17)32-19(3)16-22(20(32)4)27-26(24-10-7-8-14-30-24)31-28(34)33(27)21-12-13-23(29)18(2)15-21/h5-16,26-27H,1-4H3,(H,31,34)/t26-,27+/m1/s1. The average molecular weight is 532 g/mol. The summed E-state index contributed by atoms with van der Waals surface area (Å²) in [5.41, 5.74) is 9.33. The fourth-order valence-corrected chi connectivity index (χ4v) is 5.59. The van der Waals surface area contributed by atoms with Crippen LogP contribution in [-0.4, -0.2) is 14.7 Å². The summed E-state index contributed by atoms with van der Waals surface area (Å²) in [6.45, 7) is 8.65. The zero-order valence-electron chi connectivity index (χ0n) is 19.7. The van der Waals surface area contributed by atoms with Gasteiger partial charge < -0.3 is 14.8 Å². The second kappa shape index (κ2) is 9.01. The minimum atomic E-state index is -0.0662. The van der Waals surface area contributed by atoms with Crippen molar-refractivity contribution in [1.82, 2.24) is 14.9 Å². The van der Waals surface area contributed by atoms with Crippen LogP contribution in [-0.2, 0) is 0 Å². The van der Waals surface area contributed by atoms with Crippen LogP contribution in [0.1, 0.15) is 45.9 Å². The summed E-state index contributed by atoms with van der Waals surface area (Å²) in [6.07, 6.45) is 1.85. The number of nitrogens with zero attached hydrogens (tertiary/aromatic N) is 3. The highest BCUT2D eigenvalue weighted by Gasteiger charge is 2.42. The summed E-state index contributed by atoms with van der Waals surface area (Å²) in [4.78, 5) is 6.95. The molecule has 2 aromatic heterocycles. The van der Waals surface area contributed by atoms with Crippen molar-refractivity contribution in [3.05, 3.63) is 111 Å². The third kappa shape index (κ3) is 3.85. The van der Waals surface area contributed by atoms with Crippen LogP contribution >= 0.6 is 28.1 Å². The summed E-state index contributed by atoms with van der Waals surface area (Å²) < 4.78 is 3.44. The molecular formula is C28H27BrN4S. The molecule has 172 valence electrons. The predicted octanol–water partition coefficient (Wildman–Crippen LogP) is 7.05. The Morgan fingerprint density at radius 1 is 0.912 bits per heavy atom. The number of thiocarbonyl (C=S) groups is 1. The van der Waals surface area contributed by atoms with Gasteiger partial charge in [-0.3, -0.25) is 4.98 Å². The van der Waals surface area contributed by atoms with Crippen LogP contribution in [0.3, 0.4) is 0 Å². The van der Waals surface area contributed by atoms with E-state index in [2.05, 4.69) is 113 Å². The van der Waals surface area contributed by atoms with E-state index in [0.717, 1.165) is 15.9 Å². The molecule has 0 bridgehead atoms. The number of halogens is 1. The van der Waals surface area contributed by atoms with Crippen LogP contribution in [0.5, 0.6) is 0 Å². The fourth-order valence-electron chi connectivity index (χ4n) is 5.00.